The molecule has 6 heteroatoms. The molecule has 216 valence electrons. The van der Waals surface area contributed by atoms with Gasteiger partial charge in [0.05, 0.1) is 0 Å². The summed E-state index contributed by atoms with van der Waals surface area (Å²) in [6.07, 6.45) is 11.9. The van der Waals surface area contributed by atoms with E-state index in [0.29, 0.717) is 34.8 Å². The van der Waals surface area contributed by atoms with E-state index < -0.39 is 0 Å². The second-order valence-electron chi connectivity index (χ2n) is 14.1. The number of rotatable bonds is 6. The Bertz CT molecular complexity index is 951. The van der Waals surface area contributed by atoms with Gasteiger partial charge in [-0.25, -0.2) is 0 Å². The molecule has 0 radical (unpaired) electrons. The van der Waals surface area contributed by atoms with Crippen LogP contribution in [0.25, 0.3) is 0 Å². The van der Waals surface area contributed by atoms with Crippen molar-refractivity contribution in [1.29, 1.82) is 0 Å². The van der Waals surface area contributed by atoms with Crippen molar-refractivity contribution in [3.63, 3.8) is 0 Å². The second kappa shape index (κ2) is 12.9. The van der Waals surface area contributed by atoms with E-state index in [2.05, 4.69) is 50.6 Å². The first-order chi connectivity index (χ1) is 18.5. The first-order valence-electron chi connectivity index (χ1n) is 15.6. The highest BCUT2D eigenvalue weighted by Crippen LogP contribution is 2.40. The van der Waals surface area contributed by atoms with Gasteiger partial charge in [-0.15, -0.1) is 0 Å². The van der Waals surface area contributed by atoms with E-state index in [9.17, 15) is 14.4 Å². The third kappa shape index (κ3) is 8.31. The molecule has 4 rings (SSSR count). The number of benzene rings is 1. The Morgan fingerprint density at radius 1 is 0.538 bits per heavy atom. The van der Waals surface area contributed by atoms with Crippen LogP contribution in [0.4, 0.5) is 17.1 Å². The van der Waals surface area contributed by atoms with E-state index in [1.807, 2.05) is 18.2 Å². The minimum atomic E-state index is -0.00616. The van der Waals surface area contributed by atoms with Crippen LogP contribution in [0.1, 0.15) is 112 Å². The minimum Gasteiger partial charge on any atom is -0.326 e. The van der Waals surface area contributed by atoms with Crippen molar-refractivity contribution < 1.29 is 14.4 Å². The first-order valence-corrected chi connectivity index (χ1v) is 15.6. The van der Waals surface area contributed by atoms with Gasteiger partial charge in [-0.3, -0.25) is 14.4 Å². The second-order valence-corrected chi connectivity index (χ2v) is 14.1. The lowest BCUT2D eigenvalue weighted by atomic mass is 9.69. The van der Waals surface area contributed by atoms with Crippen molar-refractivity contribution >= 4 is 34.8 Å². The lowest BCUT2D eigenvalue weighted by molar-refractivity contribution is -0.122. The predicted octanol–water partition coefficient (Wildman–Crippen LogP) is 8.01. The maximum atomic E-state index is 13.3. The Balaban J connectivity index is 1.45. The highest BCUT2D eigenvalue weighted by Gasteiger charge is 2.32. The van der Waals surface area contributed by atoms with Crippen molar-refractivity contribution in [1.82, 2.24) is 0 Å². The summed E-state index contributed by atoms with van der Waals surface area (Å²) in [7, 11) is 0. The third-order valence-electron chi connectivity index (χ3n) is 9.83. The largest absolute Gasteiger partial charge is 0.326 e. The van der Waals surface area contributed by atoms with E-state index >= 15 is 0 Å². The number of carbonyl (C=O) groups is 3. The lowest BCUT2D eigenvalue weighted by Crippen LogP contribution is -2.31. The average Bonchev–Trinajstić information content (AvgIpc) is 2.89. The zero-order chi connectivity index (χ0) is 28.2. The molecule has 0 aliphatic heterocycles. The molecule has 3 amide bonds. The maximum absolute atomic E-state index is 13.3. The van der Waals surface area contributed by atoms with E-state index in [-0.39, 0.29) is 40.9 Å². The standard InChI is InChI=1S/C33H51N3O3/c1-21-6-10-23(11-7-21)30(37)34-27-18-28(35-31(38)24-12-8-22(2)9-13-24)20-29(19-27)36-32(39)25-14-16-26(17-15-25)33(3,4)5/h18-26H,6-17H2,1-5H3,(H,34,37)(H,35,38)(H,36,39)/t21-,22-,23+,24+,25-,26-. The molecule has 0 aromatic heterocycles. The van der Waals surface area contributed by atoms with Crippen molar-refractivity contribution in [3.05, 3.63) is 18.2 Å². The number of anilines is 3. The zero-order valence-corrected chi connectivity index (χ0v) is 24.9. The van der Waals surface area contributed by atoms with Gasteiger partial charge in [0.25, 0.3) is 0 Å². The van der Waals surface area contributed by atoms with Crippen LogP contribution in [-0.2, 0) is 14.4 Å². The normalized spacial score (nSPS) is 29.8. The van der Waals surface area contributed by atoms with Crippen LogP contribution in [0.3, 0.4) is 0 Å². The summed E-state index contributed by atoms with van der Waals surface area (Å²) in [6.45, 7) is 11.4. The summed E-state index contributed by atoms with van der Waals surface area (Å²) in [5.74, 6) is 2.12. The summed E-state index contributed by atoms with van der Waals surface area (Å²) in [4.78, 5) is 39.4. The Kier molecular flexibility index (Phi) is 9.77. The monoisotopic (exact) mass is 537 g/mol. The highest BCUT2D eigenvalue weighted by molar-refractivity contribution is 5.99. The van der Waals surface area contributed by atoms with Gasteiger partial charge < -0.3 is 16.0 Å². The molecular formula is C33H51N3O3. The first kappa shape index (κ1) is 29.6. The molecule has 3 fully saturated rings. The summed E-state index contributed by atoms with van der Waals surface area (Å²) in [5, 5.41) is 9.32. The minimum absolute atomic E-state index is 0.00616. The topological polar surface area (TPSA) is 87.3 Å². The number of carbonyl (C=O) groups excluding carboxylic acids is 3. The van der Waals surface area contributed by atoms with Crippen molar-refractivity contribution in [3.8, 4) is 0 Å². The fourth-order valence-corrected chi connectivity index (χ4v) is 6.84. The SMILES string of the molecule is CC(C)(C)[C@H]1CC[C@H](C(=O)Nc2cc(NC(=O)[C@H]3CC[C@@H](C)CC3)cc(NC(=O)[C@H]3CC[C@@H](C)CC3)c2)CC1. The molecule has 1 aromatic carbocycles. The van der Waals surface area contributed by atoms with Crippen LogP contribution in [0, 0.1) is 40.9 Å². The average molecular weight is 538 g/mol. The molecule has 0 unspecified atom stereocenters. The molecular weight excluding hydrogens is 486 g/mol. The fraction of sp³-hybridized carbons (Fsp3) is 0.727. The number of amides is 3. The number of nitrogens with one attached hydrogen (secondary N) is 3. The zero-order valence-electron chi connectivity index (χ0n) is 24.9. The molecule has 6 nitrogen and oxygen atoms in total. The molecule has 0 bridgehead atoms. The Labute approximate surface area is 235 Å². The molecule has 0 spiro atoms. The van der Waals surface area contributed by atoms with Gasteiger partial charge in [0.1, 0.15) is 0 Å². The van der Waals surface area contributed by atoms with E-state index in [4.69, 9.17) is 0 Å². The van der Waals surface area contributed by atoms with Gasteiger partial charge in [0.2, 0.25) is 17.7 Å². The van der Waals surface area contributed by atoms with Crippen LogP contribution in [0.15, 0.2) is 18.2 Å². The predicted molar refractivity (Wildman–Crippen MR) is 159 cm³/mol. The van der Waals surface area contributed by atoms with Crippen molar-refractivity contribution in [2.24, 2.45) is 40.9 Å². The van der Waals surface area contributed by atoms with Gasteiger partial charge in [-0.05, 0) is 118 Å². The van der Waals surface area contributed by atoms with Gasteiger partial charge >= 0.3 is 0 Å². The van der Waals surface area contributed by atoms with Gasteiger partial charge in [0.15, 0.2) is 0 Å². The van der Waals surface area contributed by atoms with Crippen molar-refractivity contribution in [2.75, 3.05) is 16.0 Å². The van der Waals surface area contributed by atoms with Crippen LogP contribution in [0.2, 0.25) is 0 Å². The molecule has 0 atom stereocenters. The maximum Gasteiger partial charge on any atom is 0.227 e. The molecule has 3 saturated carbocycles. The van der Waals surface area contributed by atoms with Gasteiger partial charge in [-0.1, -0.05) is 34.6 Å². The van der Waals surface area contributed by atoms with E-state index in [1.165, 1.54) is 0 Å². The molecule has 3 aliphatic carbocycles. The lowest BCUT2D eigenvalue weighted by Gasteiger charge is -2.36. The van der Waals surface area contributed by atoms with Gasteiger partial charge in [0, 0.05) is 34.8 Å². The van der Waals surface area contributed by atoms with Gasteiger partial charge in [-0.2, -0.15) is 0 Å². The Hall–Kier alpha value is -2.37. The summed E-state index contributed by atoms with van der Waals surface area (Å²) >= 11 is 0. The smallest absolute Gasteiger partial charge is 0.227 e. The fourth-order valence-electron chi connectivity index (χ4n) is 6.84. The molecule has 3 N–H and O–H groups in total. The number of hydrogen-bond acceptors (Lipinski definition) is 3. The third-order valence-corrected chi connectivity index (χ3v) is 9.83. The quantitative estimate of drug-likeness (QED) is 0.343. The molecule has 0 heterocycles. The Morgan fingerprint density at radius 2 is 0.821 bits per heavy atom. The highest BCUT2D eigenvalue weighted by atomic mass is 16.2. The van der Waals surface area contributed by atoms with E-state index in [1.54, 1.807) is 0 Å². The van der Waals surface area contributed by atoms with Crippen LogP contribution >= 0.6 is 0 Å². The molecule has 39 heavy (non-hydrogen) atoms. The summed E-state index contributed by atoms with van der Waals surface area (Å²) < 4.78 is 0. The number of hydrogen-bond donors (Lipinski definition) is 3. The summed E-state index contributed by atoms with van der Waals surface area (Å²) in [6, 6.07) is 5.50. The van der Waals surface area contributed by atoms with Crippen molar-refractivity contribution in [2.45, 2.75) is 112 Å². The molecule has 1 aromatic rings. The molecule has 3 aliphatic rings. The van der Waals surface area contributed by atoms with Crippen LogP contribution in [0.5, 0.6) is 0 Å². The summed E-state index contributed by atoms with van der Waals surface area (Å²) in [5.41, 5.74) is 2.15. The van der Waals surface area contributed by atoms with Crippen LogP contribution in [-0.4, -0.2) is 17.7 Å². The van der Waals surface area contributed by atoms with Crippen LogP contribution < -0.4 is 16.0 Å². The Morgan fingerprint density at radius 3 is 1.10 bits per heavy atom. The van der Waals surface area contributed by atoms with E-state index in [0.717, 1.165) is 77.0 Å². The molecule has 0 saturated heterocycles.